The summed E-state index contributed by atoms with van der Waals surface area (Å²) in [5.74, 6) is -1.22. The molecule has 0 atom stereocenters. The number of aryl methyl sites for hydroxylation is 1. The summed E-state index contributed by atoms with van der Waals surface area (Å²) in [7, 11) is 0.820. The Morgan fingerprint density at radius 1 is 1.11 bits per heavy atom. The zero-order valence-corrected chi connectivity index (χ0v) is 20.3. The summed E-state index contributed by atoms with van der Waals surface area (Å²) in [5, 5.41) is 0.0757. The minimum Gasteiger partial charge on any atom is -0.292 e. The summed E-state index contributed by atoms with van der Waals surface area (Å²) >= 11 is 7.27. The van der Waals surface area contributed by atoms with Gasteiger partial charge < -0.3 is 0 Å². The number of hydrogen-bond acceptors (Lipinski definition) is 5. The molecule has 1 fully saturated rings. The van der Waals surface area contributed by atoms with Gasteiger partial charge >= 0.3 is 11.9 Å². The summed E-state index contributed by atoms with van der Waals surface area (Å²) in [6, 6.07) is 9.43. The Morgan fingerprint density at radius 3 is 2.47 bits per heavy atom. The highest BCUT2D eigenvalue weighted by molar-refractivity contribution is 8.15. The van der Waals surface area contributed by atoms with Crippen molar-refractivity contribution in [2.24, 2.45) is 12.0 Å². The smallest absolute Gasteiger partial charge is 0.292 e. The second-order valence-corrected chi connectivity index (χ2v) is 9.24. The van der Waals surface area contributed by atoms with E-state index in [-0.39, 0.29) is 49.3 Å². The highest BCUT2D eigenvalue weighted by Gasteiger charge is 2.35. The first-order chi connectivity index (χ1) is 16.9. The van der Waals surface area contributed by atoms with Crippen LogP contribution in [-0.4, -0.2) is 30.9 Å². The number of carbonyl (C=O) groups excluding carboxylic acids is 1. The number of aromatic nitrogens is 2. The maximum Gasteiger partial charge on any atom is 0.431 e. The number of thioether (sulfide) groups is 1. The van der Waals surface area contributed by atoms with Gasteiger partial charge in [0, 0.05) is 13.1 Å². The maximum atomic E-state index is 14.8. The van der Waals surface area contributed by atoms with E-state index in [0.29, 0.717) is 0 Å². The highest BCUT2D eigenvalue weighted by Crippen LogP contribution is 2.33. The van der Waals surface area contributed by atoms with Crippen LogP contribution in [0.4, 0.5) is 23.2 Å². The van der Waals surface area contributed by atoms with Gasteiger partial charge in [0.05, 0.1) is 28.7 Å². The second kappa shape index (κ2) is 9.58. The average Bonchev–Trinajstić information content (AvgIpc) is 3.13. The molecule has 0 aliphatic carbocycles. The molecule has 36 heavy (non-hydrogen) atoms. The summed E-state index contributed by atoms with van der Waals surface area (Å²) in [6.45, 7) is 2.12. The van der Waals surface area contributed by atoms with Gasteiger partial charge in [-0.3, -0.25) is 19.1 Å². The highest BCUT2D eigenvalue weighted by atomic mass is 35.5. The number of rotatable bonds is 4. The number of nitrogens with zero attached hydrogens (tertiary/aromatic N) is 4. The fourth-order valence-electron chi connectivity index (χ4n) is 3.60. The molecule has 0 N–H and O–H groups in total. The van der Waals surface area contributed by atoms with Crippen molar-refractivity contribution >= 4 is 40.1 Å². The number of carbonyl (C=O) groups is 1. The number of benzene rings is 2. The van der Waals surface area contributed by atoms with Crippen molar-refractivity contribution in [3.8, 4) is 5.69 Å². The standard InChI is InChI=1S/C23H17ClF4N4O3S/c1-12-5-3-4-6-13(12)10-31-20(34)11-36-21(31)29-16-8-17(15(25)7-14(16)24)32-19(33)9-18(23(26,27)28)30(2)22(32)35/h3-9H,10-11H2,1-2H3/b29-21-. The Bertz CT molecular complexity index is 1530. The molecule has 1 amide bonds. The third kappa shape index (κ3) is 4.82. The minimum absolute atomic E-state index is 0.0751. The lowest BCUT2D eigenvalue weighted by Crippen LogP contribution is -2.41. The van der Waals surface area contributed by atoms with Gasteiger partial charge in [0.2, 0.25) is 5.91 Å². The van der Waals surface area contributed by atoms with Crippen molar-refractivity contribution in [3.05, 3.63) is 91.0 Å². The predicted octanol–water partition coefficient (Wildman–Crippen LogP) is 4.42. The van der Waals surface area contributed by atoms with Crippen LogP contribution in [0.5, 0.6) is 0 Å². The maximum absolute atomic E-state index is 14.8. The van der Waals surface area contributed by atoms with Gasteiger partial charge in [-0.15, -0.1) is 0 Å². The fourth-order valence-corrected chi connectivity index (χ4v) is 4.69. The number of halogens is 5. The van der Waals surface area contributed by atoms with E-state index < -0.39 is 34.6 Å². The lowest BCUT2D eigenvalue weighted by atomic mass is 10.1. The van der Waals surface area contributed by atoms with E-state index in [1.54, 1.807) is 0 Å². The van der Waals surface area contributed by atoms with Crippen molar-refractivity contribution in [2.45, 2.75) is 19.6 Å². The molecule has 0 bridgehead atoms. The molecule has 0 radical (unpaired) electrons. The molecule has 1 aliphatic rings. The van der Waals surface area contributed by atoms with E-state index in [2.05, 4.69) is 4.99 Å². The largest absolute Gasteiger partial charge is 0.431 e. The van der Waals surface area contributed by atoms with Crippen molar-refractivity contribution in [1.29, 1.82) is 0 Å². The van der Waals surface area contributed by atoms with Crippen LogP contribution in [0.2, 0.25) is 5.02 Å². The monoisotopic (exact) mass is 540 g/mol. The molecule has 7 nitrogen and oxygen atoms in total. The van der Waals surface area contributed by atoms with Crippen LogP contribution in [0, 0.1) is 12.7 Å². The molecule has 3 aromatic rings. The molecular weight excluding hydrogens is 524 g/mol. The van der Waals surface area contributed by atoms with E-state index in [1.165, 1.54) is 4.90 Å². The Kier molecular flexibility index (Phi) is 6.84. The van der Waals surface area contributed by atoms with E-state index in [4.69, 9.17) is 11.6 Å². The Balaban J connectivity index is 1.81. The zero-order valence-electron chi connectivity index (χ0n) is 18.8. The second-order valence-electron chi connectivity index (χ2n) is 7.89. The molecule has 1 aliphatic heterocycles. The summed E-state index contributed by atoms with van der Waals surface area (Å²) < 4.78 is 54.8. The molecule has 2 aromatic carbocycles. The Hall–Kier alpha value is -3.38. The summed E-state index contributed by atoms with van der Waals surface area (Å²) in [4.78, 5) is 43.4. The fraction of sp³-hybridized carbons (Fsp3) is 0.217. The molecule has 0 saturated carbocycles. The van der Waals surface area contributed by atoms with Crippen LogP contribution >= 0.6 is 23.4 Å². The van der Waals surface area contributed by atoms with Gasteiger partial charge in [-0.1, -0.05) is 47.6 Å². The number of aliphatic imine (C=N–C) groups is 1. The third-order valence-electron chi connectivity index (χ3n) is 5.53. The number of amidine groups is 1. The van der Waals surface area contributed by atoms with Crippen molar-refractivity contribution in [3.63, 3.8) is 0 Å². The number of alkyl halides is 3. The number of hydrogen-bond donors (Lipinski definition) is 0. The average molecular weight is 541 g/mol. The topological polar surface area (TPSA) is 76.7 Å². The molecule has 0 unspecified atom stereocenters. The van der Waals surface area contributed by atoms with Gasteiger partial charge in [0.25, 0.3) is 5.56 Å². The lowest BCUT2D eigenvalue weighted by molar-refractivity contribution is -0.144. The van der Waals surface area contributed by atoms with E-state index >= 15 is 0 Å². The molecule has 13 heteroatoms. The summed E-state index contributed by atoms with van der Waals surface area (Å²) in [5.41, 5.74) is -3.12. The van der Waals surface area contributed by atoms with Crippen molar-refractivity contribution in [1.82, 2.24) is 14.0 Å². The van der Waals surface area contributed by atoms with E-state index in [0.717, 1.165) is 42.1 Å². The van der Waals surface area contributed by atoms with Crippen LogP contribution in [-0.2, 0) is 24.6 Å². The first kappa shape index (κ1) is 25.7. The van der Waals surface area contributed by atoms with E-state index in [1.807, 2.05) is 31.2 Å². The Labute approximate surface area is 210 Å². The van der Waals surface area contributed by atoms with Gasteiger partial charge in [-0.05, 0) is 30.2 Å². The van der Waals surface area contributed by atoms with Gasteiger partial charge in [0.1, 0.15) is 11.5 Å². The summed E-state index contributed by atoms with van der Waals surface area (Å²) in [6.07, 6.45) is -4.96. The molecule has 1 saturated heterocycles. The van der Waals surface area contributed by atoms with Crippen molar-refractivity contribution in [2.75, 3.05) is 5.75 Å². The third-order valence-corrected chi connectivity index (χ3v) is 6.79. The van der Waals surface area contributed by atoms with Gasteiger partial charge in [-0.25, -0.2) is 18.7 Å². The quantitative estimate of drug-likeness (QED) is 0.459. The number of amides is 1. The molecule has 1 aromatic heterocycles. The van der Waals surface area contributed by atoms with Gasteiger partial charge in [-0.2, -0.15) is 13.2 Å². The van der Waals surface area contributed by atoms with Crippen LogP contribution < -0.4 is 11.2 Å². The first-order valence-electron chi connectivity index (χ1n) is 10.3. The molecule has 0 spiro atoms. The molecule has 4 rings (SSSR count). The van der Waals surface area contributed by atoms with Crippen molar-refractivity contribution < 1.29 is 22.4 Å². The molecular formula is C23H17ClF4N4O3S. The zero-order chi connectivity index (χ0) is 26.4. The van der Waals surface area contributed by atoms with Crippen LogP contribution in [0.25, 0.3) is 5.69 Å². The van der Waals surface area contributed by atoms with Crippen LogP contribution in [0.1, 0.15) is 16.8 Å². The van der Waals surface area contributed by atoms with Crippen LogP contribution in [0.3, 0.4) is 0 Å². The lowest BCUT2D eigenvalue weighted by Gasteiger charge is -2.18. The minimum atomic E-state index is -4.96. The molecule has 188 valence electrons. The molecule has 2 heterocycles. The first-order valence-corrected chi connectivity index (χ1v) is 11.7. The van der Waals surface area contributed by atoms with Gasteiger partial charge in [0.15, 0.2) is 5.17 Å². The Morgan fingerprint density at radius 2 is 1.81 bits per heavy atom. The normalized spacial score (nSPS) is 15.2. The SMILES string of the molecule is Cc1ccccc1CN1C(=O)CS/C1=N\c1cc(-n2c(=O)cc(C(F)(F)F)n(C)c2=O)c(F)cc1Cl. The predicted molar refractivity (Wildman–Crippen MR) is 129 cm³/mol. The van der Waals surface area contributed by atoms with E-state index in [9.17, 15) is 31.9 Å². The van der Waals surface area contributed by atoms with Crippen LogP contribution in [0.15, 0.2) is 57.0 Å².